The van der Waals surface area contributed by atoms with Gasteiger partial charge in [-0.05, 0) is 56.0 Å². The summed E-state index contributed by atoms with van der Waals surface area (Å²) in [6.45, 7) is 8.07. The number of carboxylic acid groups (broad SMARTS) is 1. The van der Waals surface area contributed by atoms with E-state index in [-0.39, 0.29) is 30.7 Å². The molecule has 1 aromatic heterocycles. The number of hydrogen-bond donors (Lipinski definition) is 1. The smallest absolute Gasteiger partial charge is 0.410 e. The van der Waals surface area contributed by atoms with Crippen molar-refractivity contribution in [2.24, 2.45) is 7.05 Å². The number of aromatic nitrogens is 1. The van der Waals surface area contributed by atoms with E-state index in [9.17, 15) is 19.5 Å². The van der Waals surface area contributed by atoms with E-state index >= 15 is 0 Å². The van der Waals surface area contributed by atoms with E-state index in [1.807, 2.05) is 45.0 Å². The highest BCUT2D eigenvalue weighted by Gasteiger charge is 2.40. The second-order valence-corrected chi connectivity index (χ2v) is 11.5. The maximum absolute atomic E-state index is 13.6. The van der Waals surface area contributed by atoms with Crippen molar-refractivity contribution in [3.63, 3.8) is 0 Å². The van der Waals surface area contributed by atoms with Crippen molar-refractivity contribution < 1.29 is 29.0 Å². The van der Waals surface area contributed by atoms with Crippen LogP contribution >= 0.6 is 0 Å². The Morgan fingerprint density at radius 2 is 1.57 bits per heavy atom. The Labute approximate surface area is 233 Å². The fourth-order valence-corrected chi connectivity index (χ4v) is 5.45. The number of benzene rings is 2. The molecule has 5 rings (SSSR count). The van der Waals surface area contributed by atoms with Gasteiger partial charge in [0.05, 0.1) is 18.2 Å². The normalized spacial score (nSPS) is 14.8. The van der Waals surface area contributed by atoms with Gasteiger partial charge in [-0.15, -0.1) is 0 Å². The van der Waals surface area contributed by atoms with E-state index in [1.165, 1.54) is 0 Å². The van der Waals surface area contributed by atoms with Gasteiger partial charge in [0, 0.05) is 37.4 Å². The van der Waals surface area contributed by atoms with Crippen LogP contribution in [-0.4, -0.2) is 69.0 Å². The third-order valence-electron chi connectivity index (χ3n) is 7.72. The topological polar surface area (TPSA) is 101 Å². The lowest BCUT2D eigenvalue weighted by molar-refractivity contribution is -0.0179. The molecule has 0 saturated carbocycles. The fraction of sp³-hybridized carbons (Fsp3) is 0.387. The van der Waals surface area contributed by atoms with Gasteiger partial charge in [-0.1, -0.05) is 48.5 Å². The van der Waals surface area contributed by atoms with E-state index in [2.05, 4.69) is 24.3 Å². The number of aromatic carboxylic acids is 1. The molecule has 1 aliphatic heterocycles. The summed E-state index contributed by atoms with van der Waals surface area (Å²) >= 11 is 0. The molecule has 3 aromatic rings. The van der Waals surface area contributed by atoms with Gasteiger partial charge in [0.25, 0.3) is 0 Å². The molecule has 2 aromatic carbocycles. The number of rotatable bonds is 6. The van der Waals surface area contributed by atoms with Crippen molar-refractivity contribution in [3.8, 4) is 11.1 Å². The molecule has 2 aliphatic rings. The molecule has 0 bridgehead atoms. The highest BCUT2D eigenvalue weighted by molar-refractivity contribution is 5.89. The van der Waals surface area contributed by atoms with Gasteiger partial charge in [-0.25, -0.2) is 14.4 Å². The third kappa shape index (κ3) is 5.15. The van der Waals surface area contributed by atoms with E-state index in [0.717, 1.165) is 22.3 Å². The molecule has 1 aliphatic carbocycles. The largest absolute Gasteiger partial charge is 0.478 e. The minimum absolute atomic E-state index is 0.0891. The first-order valence-corrected chi connectivity index (χ1v) is 13.4. The minimum Gasteiger partial charge on any atom is -0.478 e. The summed E-state index contributed by atoms with van der Waals surface area (Å²) in [5.74, 6) is -1.11. The molecule has 40 heavy (non-hydrogen) atoms. The van der Waals surface area contributed by atoms with Crippen LogP contribution in [0.15, 0.2) is 54.6 Å². The fourth-order valence-electron chi connectivity index (χ4n) is 5.45. The number of carbonyl (C=O) groups is 3. The average molecular weight is 546 g/mol. The Bertz CT molecular complexity index is 1420. The number of nitrogens with zero attached hydrogens (tertiary/aromatic N) is 3. The van der Waals surface area contributed by atoms with Crippen molar-refractivity contribution >= 4 is 18.2 Å². The van der Waals surface area contributed by atoms with Gasteiger partial charge in [-0.2, -0.15) is 0 Å². The lowest BCUT2D eigenvalue weighted by Crippen LogP contribution is -2.62. The van der Waals surface area contributed by atoms with Crippen molar-refractivity contribution in [3.05, 3.63) is 82.7 Å². The Balaban J connectivity index is 1.35. The summed E-state index contributed by atoms with van der Waals surface area (Å²) in [6, 6.07) is 17.6. The molecule has 0 radical (unpaired) electrons. The van der Waals surface area contributed by atoms with E-state index in [0.29, 0.717) is 24.5 Å². The van der Waals surface area contributed by atoms with Crippen LogP contribution in [0.5, 0.6) is 0 Å². The van der Waals surface area contributed by atoms with E-state index in [4.69, 9.17) is 9.47 Å². The number of amides is 2. The average Bonchev–Trinajstić information content (AvgIpc) is 3.34. The Morgan fingerprint density at radius 1 is 1.00 bits per heavy atom. The minimum atomic E-state index is -1.02. The van der Waals surface area contributed by atoms with Crippen molar-refractivity contribution in [1.29, 1.82) is 0 Å². The Hall–Kier alpha value is -4.27. The molecule has 2 amide bonds. The zero-order valence-electron chi connectivity index (χ0n) is 23.5. The number of hydrogen-bond acceptors (Lipinski definition) is 5. The molecule has 1 saturated heterocycles. The number of ether oxygens (including phenoxy) is 2. The molecule has 2 heterocycles. The quantitative estimate of drug-likeness (QED) is 0.445. The highest BCUT2D eigenvalue weighted by atomic mass is 16.6. The van der Waals surface area contributed by atoms with Crippen LogP contribution in [0.25, 0.3) is 11.1 Å². The van der Waals surface area contributed by atoms with Gasteiger partial charge in [0.1, 0.15) is 12.2 Å². The first-order chi connectivity index (χ1) is 18.9. The lowest BCUT2D eigenvalue weighted by Gasteiger charge is -2.44. The molecule has 210 valence electrons. The van der Waals surface area contributed by atoms with Crippen molar-refractivity contribution in [2.75, 3.05) is 19.7 Å². The van der Waals surface area contributed by atoms with Crippen LogP contribution in [0.1, 0.15) is 59.6 Å². The Kier molecular flexibility index (Phi) is 7.08. The number of carboxylic acids is 1. The molecular weight excluding hydrogens is 510 g/mol. The predicted molar refractivity (Wildman–Crippen MR) is 149 cm³/mol. The standard InChI is InChI=1S/C31H35N3O6/c1-19-26(28(35)36)14-20(32(19)5)17-34(21-15-33(16-21)29(37)40-31(2,3)4)30(38)39-18-27-24-12-8-6-10-22(24)23-11-7-9-13-25(23)27/h6-14,21,27H,15-18H2,1-5H3,(H,35,36). The number of likely N-dealkylation sites (tertiary alicyclic amines) is 1. The zero-order valence-corrected chi connectivity index (χ0v) is 23.5. The van der Waals surface area contributed by atoms with E-state index in [1.54, 1.807) is 34.4 Å². The van der Waals surface area contributed by atoms with Crippen LogP contribution in [0.4, 0.5) is 9.59 Å². The first kappa shape index (κ1) is 27.3. The van der Waals surface area contributed by atoms with Crippen molar-refractivity contribution in [2.45, 2.75) is 51.8 Å². The third-order valence-corrected chi connectivity index (χ3v) is 7.72. The second kappa shape index (κ2) is 10.4. The van der Waals surface area contributed by atoms with Crippen LogP contribution in [0.3, 0.4) is 0 Å². The van der Waals surface area contributed by atoms with Crippen LogP contribution in [-0.2, 0) is 23.1 Å². The maximum atomic E-state index is 13.6. The Morgan fingerprint density at radius 3 is 2.10 bits per heavy atom. The molecule has 1 fully saturated rings. The number of fused-ring (bicyclic) bond motifs is 3. The van der Waals surface area contributed by atoms with Crippen LogP contribution < -0.4 is 0 Å². The summed E-state index contributed by atoms with van der Waals surface area (Å²) in [5.41, 5.74) is 5.35. The van der Waals surface area contributed by atoms with Gasteiger partial charge in [-0.3, -0.25) is 4.90 Å². The summed E-state index contributed by atoms with van der Waals surface area (Å²) in [4.78, 5) is 41.1. The molecule has 9 nitrogen and oxygen atoms in total. The summed E-state index contributed by atoms with van der Waals surface area (Å²) < 4.78 is 13.2. The van der Waals surface area contributed by atoms with Crippen molar-refractivity contribution in [1.82, 2.24) is 14.4 Å². The van der Waals surface area contributed by atoms with Gasteiger partial charge >= 0.3 is 18.2 Å². The molecule has 0 spiro atoms. The SMILES string of the molecule is Cc1c(C(=O)O)cc(CN(C(=O)OCC2c3ccccc3-c3ccccc32)C2CN(C(=O)OC(C)(C)C)C2)n1C. The highest BCUT2D eigenvalue weighted by Crippen LogP contribution is 2.44. The summed E-state index contributed by atoms with van der Waals surface area (Å²) in [6.07, 6.45) is -0.939. The zero-order chi connectivity index (χ0) is 28.8. The van der Waals surface area contributed by atoms with Gasteiger partial charge in [0.15, 0.2) is 0 Å². The maximum Gasteiger partial charge on any atom is 0.410 e. The molecule has 0 atom stereocenters. The molecule has 9 heteroatoms. The van der Waals surface area contributed by atoms with Crippen LogP contribution in [0, 0.1) is 6.92 Å². The van der Waals surface area contributed by atoms with Gasteiger partial charge < -0.3 is 24.0 Å². The van der Waals surface area contributed by atoms with E-state index < -0.39 is 23.8 Å². The summed E-state index contributed by atoms with van der Waals surface area (Å²) in [5, 5.41) is 9.59. The second-order valence-electron chi connectivity index (χ2n) is 11.5. The van der Waals surface area contributed by atoms with Crippen LogP contribution in [0.2, 0.25) is 0 Å². The molecular formula is C31H35N3O6. The van der Waals surface area contributed by atoms with Gasteiger partial charge in [0.2, 0.25) is 0 Å². The summed E-state index contributed by atoms with van der Waals surface area (Å²) in [7, 11) is 1.78. The monoisotopic (exact) mass is 545 g/mol. The first-order valence-electron chi connectivity index (χ1n) is 13.4. The predicted octanol–water partition coefficient (Wildman–Crippen LogP) is 5.40. The molecule has 0 unspecified atom stereocenters. The molecule has 1 N–H and O–H groups in total. The lowest BCUT2D eigenvalue weighted by atomic mass is 9.98. The number of carbonyl (C=O) groups excluding carboxylic acids is 2.